The Balaban J connectivity index is 2.07. The summed E-state index contributed by atoms with van der Waals surface area (Å²) in [4.78, 5) is 11.7. The highest BCUT2D eigenvalue weighted by Gasteiger charge is 2.64. The highest BCUT2D eigenvalue weighted by Crippen LogP contribution is 2.58. The summed E-state index contributed by atoms with van der Waals surface area (Å²) in [5.41, 5.74) is -0.566. The molecule has 4 heteroatoms. The zero-order valence-corrected chi connectivity index (χ0v) is 11.2. The van der Waals surface area contributed by atoms with Crippen molar-refractivity contribution in [3.63, 3.8) is 0 Å². The maximum Gasteiger partial charge on any atom is 0.336 e. The van der Waals surface area contributed by atoms with Crippen molar-refractivity contribution >= 4 is 5.97 Å². The van der Waals surface area contributed by atoms with Crippen molar-refractivity contribution in [3.8, 4) is 0 Å². The van der Waals surface area contributed by atoms with E-state index in [2.05, 4.69) is 13.2 Å². The number of hydrogen-bond acceptors (Lipinski definition) is 4. The number of hydrogen-bond donors (Lipinski definition) is 2. The number of aliphatic hydroxyl groups is 2. The maximum atomic E-state index is 11.7. The zero-order valence-electron chi connectivity index (χ0n) is 11.2. The van der Waals surface area contributed by atoms with E-state index in [4.69, 9.17) is 4.74 Å². The summed E-state index contributed by atoms with van der Waals surface area (Å²) in [5.74, 6) is -0.720. The highest BCUT2D eigenvalue weighted by atomic mass is 16.6. The van der Waals surface area contributed by atoms with E-state index in [-0.39, 0.29) is 16.9 Å². The van der Waals surface area contributed by atoms with E-state index in [1.54, 1.807) is 0 Å². The predicted molar refractivity (Wildman–Crippen MR) is 69.2 cm³/mol. The van der Waals surface area contributed by atoms with E-state index in [9.17, 15) is 15.0 Å². The van der Waals surface area contributed by atoms with Gasteiger partial charge in [0.05, 0.1) is 11.7 Å². The number of fused-ring (bicyclic) bond motifs is 3. The number of carbonyl (C=O) groups excluding carboxylic acids is 1. The summed E-state index contributed by atoms with van der Waals surface area (Å²) in [6.45, 7) is 9.76. The Bertz CT molecular complexity index is 483. The molecule has 0 aromatic carbocycles. The first-order valence-corrected chi connectivity index (χ1v) is 6.79. The van der Waals surface area contributed by atoms with Crippen LogP contribution in [0.5, 0.6) is 0 Å². The summed E-state index contributed by atoms with van der Waals surface area (Å²) in [6.07, 6.45) is 1.35. The Morgan fingerprint density at radius 2 is 2.05 bits per heavy atom. The Kier molecular flexibility index (Phi) is 2.51. The van der Waals surface area contributed by atoms with Gasteiger partial charge in [-0.25, -0.2) is 4.79 Å². The van der Waals surface area contributed by atoms with Gasteiger partial charge in [0.2, 0.25) is 0 Å². The predicted octanol–water partition coefficient (Wildman–Crippen LogP) is 1.33. The largest absolute Gasteiger partial charge is 0.455 e. The molecule has 0 spiro atoms. The molecular formula is C15H20O4. The fourth-order valence-corrected chi connectivity index (χ4v) is 4.09. The SMILES string of the molecule is C=C1CC[C@@H](O)[C@]2(C)CC[C@]3(O)C(=C)C(=O)O[C@@H]3C12. The second-order valence-electron chi connectivity index (χ2n) is 6.42. The number of aliphatic hydroxyl groups excluding tert-OH is 1. The van der Waals surface area contributed by atoms with Crippen molar-refractivity contribution in [2.24, 2.45) is 11.3 Å². The van der Waals surface area contributed by atoms with E-state index >= 15 is 0 Å². The fourth-order valence-electron chi connectivity index (χ4n) is 4.09. The van der Waals surface area contributed by atoms with Crippen molar-refractivity contribution < 1.29 is 19.7 Å². The van der Waals surface area contributed by atoms with Crippen LogP contribution >= 0.6 is 0 Å². The maximum absolute atomic E-state index is 11.7. The van der Waals surface area contributed by atoms with Crippen LogP contribution < -0.4 is 0 Å². The number of ether oxygens (including phenoxy) is 1. The molecule has 1 aliphatic heterocycles. The van der Waals surface area contributed by atoms with Gasteiger partial charge in [-0.1, -0.05) is 25.7 Å². The standard InChI is InChI=1S/C15H20O4/c1-8-4-5-10(16)14(3)6-7-15(18)9(2)13(17)19-12(15)11(8)14/h10-12,16,18H,1-2,4-7H2,3H3/t10-,11?,12-,14+,15+/m1/s1. The molecule has 3 rings (SSSR count). The molecular weight excluding hydrogens is 244 g/mol. The number of carbonyl (C=O) groups is 1. The van der Waals surface area contributed by atoms with E-state index in [0.29, 0.717) is 25.7 Å². The minimum atomic E-state index is -1.29. The van der Waals surface area contributed by atoms with Crippen LogP contribution in [0.25, 0.3) is 0 Å². The minimum Gasteiger partial charge on any atom is -0.455 e. The Morgan fingerprint density at radius 1 is 1.37 bits per heavy atom. The van der Waals surface area contributed by atoms with Gasteiger partial charge in [-0.05, 0) is 25.7 Å². The van der Waals surface area contributed by atoms with Crippen molar-refractivity contribution in [2.75, 3.05) is 0 Å². The molecule has 1 saturated heterocycles. The van der Waals surface area contributed by atoms with Crippen LogP contribution in [0.2, 0.25) is 0 Å². The first-order valence-electron chi connectivity index (χ1n) is 6.79. The summed E-state index contributed by atoms with van der Waals surface area (Å²) in [6, 6.07) is 0. The van der Waals surface area contributed by atoms with Gasteiger partial charge < -0.3 is 14.9 Å². The molecule has 0 aromatic heterocycles. The molecule has 0 aromatic rings. The van der Waals surface area contributed by atoms with Gasteiger partial charge in [-0.2, -0.15) is 0 Å². The van der Waals surface area contributed by atoms with E-state index < -0.39 is 23.8 Å². The van der Waals surface area contributed by atoms with E-state index in [1.807, 2.05) is 6.92 Å². The smallest absolute Gasteiger partial charge is 0.336 e. The molecule has 2 saturated carbocycles. The van der Waals surface area contributed by atoms with Gasteiger partial charge in [-0.3, -0.25) is 0 Å². The van der Waals surface area contributed by atoms with Gasteiger partial charge in [0.1, 0.15) is 11.7 Å². The Morgan fingerprint density at radius 3 is 2.74 bits per heavy atom. The van der Waals surface area contributed by atoms with E-state index in [1.165, 1.54) is 0 Å². The van der Waals surface area contributed by atoms with Gasteiger partial charge in [0, 0.05) is 11.3 Å². The third kappa shape index (κ3) is 1.44. The van der Waals surface area contributed by atoms with Crippen LogP contribution in [-0.2, 0) is 9.53 Å². The Labute approximate surface area is 112 Å². The lowest BCUT2D eigenvalue weighted by molar-refractivity contribution is -0.170. The van der Waals surface area contributed by atoms with Crippen LogP contribution in [0, 0.1) is 11.3 Å². The fraction of sp³-hybridized carbons (Fsp3) is 0.667. The molecule has 3 aliphatic rings. The quantitative estimate of drug-likeness (QED) is 0.393. The van der Waals surface area contributed by atoms with Gasteiger partial charge in [-0.15, -0.1) is 0 Å². The first-order chi connectivity index (χ1) is 8.80. The monoisotopic (exact) mass is 264 g/mol. The average Bonchev–Trinajstić information content (AvgIpc) is 2.58. The molecule has 104 valence electrons. The van der Waals surface area contributed by atoms with Crippen molar-refractivity contribution in [2.45, 2.75) is 50.4 Å². The van der Waals surface area contributed by atoms with Crippen molar-refractivity contribution in [1.29, 1.82) is 0 Å². The summed E-state index contributed by atoms with van der Waals surface area (Å²) >= 11 is 0. The molecule has 2 N–H and O–H groups in total. The van der Waals surface area contributed by atoms with Crippen LogP contribution in [0.3, 0.4) is 0 Å². The lowest BCUT2D eigenvalue weighted by Crippen LogP contribution is -2.59. The number of rotatable bonds is 0. The van der Waals surface area contributed by atoms with Crippen LogP contribution in [-0.4, -0.2) is 34.0 Å². The molecule has 5 atom stereocenters. The van der Waals surface area contributed by atoms with Crippen molar-refractivity contribution in [3.05, 3.63) is 24.3 Å². The summed E-state index contributed by atoms with van der Waals surface area (Å²) < 4.78 is 5.37. The molecule has 1 heterocycles. The normalized spacial score (nSPS) is 49.6. The average molecular weight is 264 g/mol. The van der Waals surface area contributed by atoms with Crippen LogP contribution in [0.1, 0.15) is 32.6 Å². The molecule has 1 unspecified atom stereocenters. The molecule has 2 aliphatic carbocycles. The minimum absolute atomic E-state index is 0.146. The molecule has 3 fully saturated rings. The van der Waals surface area contributed by atoms with Crippen LogP contribution in [0.4, 0.5) is 0 Å². The van der Waals surface area contributed by atoms with Crippen molar-refractivity contribution in [1.82, 2.24) is 0 Å². The first kappa shape index (κ1) is 12.9. The van der Waals surface area contributed by atoms with E-state index in [0.717, 1.165) is 5.57 Å². The van der Waals surface area contributed by atoms with Gasteiger partial charge in [0.25, 0.3) is 0 Å². The molecule has 0 radical (unpaired) electrons. The second kappa shape index (κ2) is 3.70. The molecule has 4 nitrogen and oxygen atoms in total. The highest BCUT2D eigenvalue weighted by molar-refractivity contribution is 5.93. The lowest BCUT2D eigenvalue weighted by Gasteiger charge is -2.54. The second-order valence-corrected chi connectivity index (χ2v) is 6.42. The van der Waals surface area contributed by atoms with Crippen LogP contribution in [0.15, 0.2) is 24.3 Å². The third-order valence-electron chi connectivity index (χ3n) is 5.47. The summed E-state index contributed by atoms with van der Waals surface area (Å²) in [5, 5.41) is 21.1. The topological polar surface area (TPSA) is 66.8 Å². The zero-order chi connectivity index (χ0) is 14.0. The Hall–Kier alpha value is -1.13. The third-order valence-corrected chi connectivity index (χ3v) is 5.47. The summed E-state index contributed by atoms with van der Waals surface area (Å²) in [7, 11) is 0. The number of esters is 1. The molecule has 0 bridgehead atoms. The lowest BCUT2D eigenvalue weighted by atomic mass is 9.53. The molecule has 19 heavy (non-hydrogen) atoms. The van der Waals surface area contributed by atoms with Gasteiger partial charge >= 0.3 is 5.97 Å². The molecule has 0 amide bonds. The van der Waals surface area contributed by atoms with Gasteiger partial charge in [0.15, 0.2) is 0 Å².